The van der Waals surface area contributed by atoms with E-state index < -0.39 is 0 Å². The van der Waals surface area contributed by atoms with Gasteiger partial charge in [0.15, 0.2) is 0 Å². The van der Waals surface area contributed by atoms with Crippen molar-refractivity contribution in [2.24, 2.45) is 11.8 Å². The number of hydrogen-bond acceptors (Lipinski definition) is 3. The minimum atomic E-state index is -0.299. The van der Waals surface area contributed by atoms with Gasteiger partial charge >= 0.3 is 11.9 Å². The van der Waals surface area contributed by atoms with Crippen molar-refractivity contribution in [2.75, 3.05) is 0 Å². The van der Waals surface area contributed by atoms with E-state index in [1.807, 2.05) is 0 Å². The van der Waals surface area contributed by atoms with E-state index in [9.17, 15) is 9.59 Å². The largest absolute Gasteiger partial charge is 0.393 e. The Morgan fingerprint density at radius 1 is 1.10 bits per heavy atom. The predicted octanol–water partition coefficient (Wildman–Crippen LogP) is 0.486. The molecular formula is C7H8O3. The second-order valence-electron chi connectivity index (χ2n) is 2.88. The molecule has 0 aromatic carbocycles. The molecular weight excluding hydrogens is 132 g/mol. The van der Waals surface area contributed by atoms with Crippen LogP contribution in [0.1, 0.15) is 19.3 Å². The van der Waals surface area contributed by atoms with E-state index in [1.165, 1.54) is 0 Å². The zero-order chi connectivity index (χ0) is 7.14. The zero-order valence-electron chi connectivity index (χ0n) is 5.50. The highest BCUT2D eigenvalue weighted by Crippen LogP contribution is 2.37. The number of fused-ring (bicyclic) bond motifs is 1. The highest BCUT2D eigenvalue weighted by molar-refractivity contribution is 5.96. The molecule has 2 rings (SSSR count). The maximum absolute atomic E-state index is 10.8. The summed E-state index contributed by atoms with van der Waals surface area (Å²) in [6.07, 6.45) is 2.68. The van der Waals surface area contributed by atoms with E-state index >= 15 is 0 Å². The van der Waals surface area contributed by atoms with E-state index in [0.29, 0.717) is 0 Å². The van der Waals surface area contributed by atoms with Gasteiger partial charge in [-0.15, -0.1) is 0 Å². The van der Waals surface area contributed by atoms with E-state index in [1.54, 1.807) is 0 Å². The molecule has 0 radical (unpaired) electrons. The Morgan fingerprint density at radius 3 is 2.10 bits per heavy atom. The molecule has 1 saturated heterocycles. The van der Waals surface area contributed by atoms with Gasteiger partial charge in [0.1, 0.15) is 0 Å². The fraction of sp³-hybridized carbons (Fsp3) is 0.714. The maximum atomic E-state index is 10.8. The van der Waals surface area contributed by atoms with Gasteiger partial charge in [0.25, 0.3) is 0 Å². The van der Waals surface area contributed by atoms with Crippen LogP contribution in [-0.4, -0.2) is 11.9 Å². The molecule has 0 N–H and O–H groups in total. The monoisotopic (exact) mass is 140 g/mol. The van der Waals surface area contributed by atoms with Crippen molar-refractivity contribution in [2.45, 2.75) is 19.3 Å². The lowest BCUT2D eigenvalue weighted by Crippen LogP contribution is -2.09. The van der Waals surface area contributed by atoms with Crippen LogP contribution in [0.3, 0.4) is 0 Å². The lowest BCUT2D eigenvalue weighted by atomic mass is 10.00. The average molecular weight is 140 g/mol. The third-order valence-corrected chi connectivity index (χ3v) is 2.32. The van der Waals surface area contributed by atoms with Crippen molar-refractivity contribution < 1.29 is 14.3 Å². The lowest BCUT2D eigenvalue weighted by molar-refractivity contribution is -0.154. The molecule has 54 valence electrons. The van der Waals surface area contributed by atoms with Gasteiger partial charge in [-0.1, -0.05) is 6.42 Å². The van der Waals surface area contributed by atoms with Gasteiger partial charge < -0.3 is 4.74 Å². The SMILES string of the molecule is O=C1OC(=O)C2CCCC12. The fourth-order valence-corrected chi connectivity index (χ4v) is 1.77. The molecule has 2 fully saturated rings. The number of carbonyl (C=O) groups is 2. The van der Waals surface area contributed by atoms with Crippen LogP contribution in [0.2, 0.25) is 0 Å². The molecule has 0 bridgehead atoms. The average Bonchev–Trinajstić information content (AvgIpc) is 2.39. The van der Waals surface area contributed by atoms with E-state index in [4.69, 9.17) is 0 Å². The predicted molar refractivity (Wildman–Crippen MR) is 31.9 cm³/mol. The summed E-state index contributed by atoms with van der Waals surface area (Å²) in [6.45, 7) is 0. The van der Waals surface area contributed by atoms with E-state index in [-0.39, 0.29) is 23.8 Å². The Kier molecular flexibility index (Phi) is 1.07. The number of cyclic esters (lactones) is 2. The number of hydrogen-bond donors (Lipinski definition) is 0. The van der Waals surface area contributed by atoms with Crippen LogP contribution in [0.25, 0.3) is 0 Å². The molecule has 0 spiro atoms. The molecule has 2 unspecified atom stereocenters. The van der Waals surface area contributed by atoms with Gasteiger partial charge in [-0.05, 0) is 12.8 Å². The van der Waals surface area contributed by atoms with Crippen molar-refractivity contribution in [3.05, 3.63) is 0 Å². The van der Waals surface area contributed by atoms with Crippen LogP contribution < -0.4 is 0 Å². The third kappa shape index (κ3) is 0.602. The number of rotatable bonds is 0. The van der Waals surface area contributed by atoms with E-state index in [0.717, 1.165) is 19.3 Å². The number of carbonyl (C=O) groups excluding carboxylic acids is 2. The van der Waals surface area contributed by atoms with Crippen molar-refractivity contribution in [3.63, 3.8) is 0 Å². The summed E-state index contributed by atoms with van der Waals surface area (Å²) in [4.78, 5) is 21.6. The molecule has 3 heteroatoms. The molecule has 0 aromatic heterocycles. The molecule has 2 atom stereocenters. The Hall–Kier alpha value is -0.860. The molecule has 1 aliphatic heterocycles. The molecule has 10 heavy (non-hydrogen) atoms. The Morgan fingerprint density at radius 2 is 1.60 bits per heavy atom. The topological polar surface area (TPSA) is 43.4 Å². The van der Waals surface area contributed by atoms with Gasteiger partial charge in [0.2, 0.25) is 0 Å². The van der Waals surface area contributed by atoms with Gasteiger partial charge in [-0.2, -0.15) is 0 Å². The van der Waals surface area contributed by atoms with Crippen LogP contribution in [0.4, 0.5) is 0 Å². The Bertz CT molecular complexity index is 177. The van der Waals surface area contributed by atoms with Gasteiger partial charge in [0.05, 0.1) is 11.8 Å². The summed E-state index contributed by atoms with van der Waals surface area (Å²) in [7, 11) is 0. The molecule has 1 heterocycles. The highest BCUT2D eigenvalue weighted by Gasteiger charge is 2.46. The van der Waals surface area contributed by atoms with Crippen molar-refractivity contribution in [1.82, 2.24) is 0 Å². The molecule has 2 aliphatic rings. The van der Waals surface area contributed by atoms with Crippen LogP contribution in [0, 0.1) is 11.8 Å². The van der Waals surface area contributed by atoms with Crippen LogP contribution in [0.15, 0.2) is 0 Å². The Labute approximate surface area is 58.4 Å². The van der Waals surface area contributed by atoms with E-state index in [2.05, 4.69) is 4.74 Å². The van der Waals surface area contributed by atoms with Gasteiger partial charge in [-0.25, -0.2) is 0 Å². The highest BCUT2D eigenvalue weighted by atomic mass is 16.6. The third-order valence-electron chi connectivity index (χ3n) is 2.32. The summed E-state index contributed by atoms with van der Waals surface area (Å²) in [6, 6.07) is 0. The first-order valence-corrected chi connectivity index (χ1v) is 3.54. The maximum Gasteiger partial charge on any atom is 0.317 e. The summed E-state index contributed by atoms with van der Waals surface area (Å²) in [5.41, 5.74) is 0. The molecule has 0 amide bonds. The molecule has 1 saturated carbocycles. The smallest absolute Gasteiger partial charge is 0.317 e. The van der Waals surface area contributed by atoms with Crippen molar-refractivity contribution in [1.29, 1.82) is 0 Å². The number of ether oxygens (including phenoxy) is 1. The van der Waals surface area contributed by atoms with Crippen LogP contribution in [0.5, 0.6) is 0 Å². The molecule has 1 aliphatic carbocycles. The normalized spacial score (nSPS) is 38.0. The molecule has 3 nitrogen and oxygen atoms in total. The fourth-order valence-electron chi connectivity index (χ4n) is 1.77. The molecule has 0 aromatic rings. The quantitative estimate of drug-likeness (QED) is 0.363. The lowest BCUT2D eigenvalue weighted by Gasteiger charge is -1.95. The summed E-state index contributed by atoms with van der Waals surface area (Å²) in [5, 5.41) is 0. The standard InChI is InChI=1S/C7H8O3/c8-6-4-2-1-3-5(4)7(9)10-6/h4-5H,1-3H2. The summed E-state index contributed by atoms with van der Waals surface area (Å²) >= 11 is 0. The Balaban J connectivity index is 2.27. The van der Waals surface area contributed by atoms with Gasteiger partial charge in [0, 0.05) is 0 Å². The summed E-state index contributed by atoms with van der Waals surface area (Å²) in [5.74, 6) is -0.778. The first-order valence-electron chi connectivity index (χ1n) is 3.54. The minimum Gasteiger partial charge on any atom is -0.393 e. The van der Waals surface area contributed by atoms with Crippen LogP contribution >= 0.6 is 0 Å². The minimum absolute atomic E-state index is 0.0903. The van der Waals surface area contributed by atoms with Gasteiger partial charge in [-0.3, -0.25) is 9.59 Å². The van der Waals surface area contributed by atoms with Crippen molar-refractivity contribution in [3.8, 4) is 0 Å². The van der Waals surface area contributed by atoms with Crippen molar-refractivity contribution >= 4 is 11.9 Å². The first kappa shape index (κ1) is 5.89. The summed E-state index contributed by atoms with van der Waals surface area (Å²) < 4.78 is 4.45. The first-order chi connectivity index (χ1) is 4.79. The second kappa shape index (κ2) is 1.81. The zero-order valence-corrected chi connectivity index (χ0v) is 5.50. The van der Waals surface area contributed by atoms with Crippen LogP contribution in [-0.2, 0) is 14.3 Å². The number of esters is 2. The second-order valence-corrected chi connectivity index (χ2v) is 2.88.